The van der Waals surface area contributed by atoms with Crippen LogP contribution < -0.4 is 9.04 Å². The Morgan fingerprint density at radius 3 is 2.18 bits per heavy atom. The van der Waals surface area contributed by atoms with Gasteiger partial charge < -0.3 is 9.47 Å². The number of hydrogen-bond acceptors (Lipinski definition) is 7. The highest BCUT2D eigenvalue weighted by molar-refractivity contribution is 7.93. The molecule has 0 amide bonds. The van der Waals surface area contributed by atoms with E-state index in [0.29, 0.717) is 11.3 Å². The van der Waals surface area contributed by atoms with Crippen LogP contribution in [0, 0.1) is 18.8 Å². The van der Waals surface area contributed by atoms with Crippen LogP contribution in [-0.2, 0) is 36.1 Å². The topological polar surface area (TPSA) is 110 Å². The Kier molecular flexibility index (Phi) is 8.30. The summed E-state index contributed by atoms with van der Waals surface area (Å²) in [4.78, 5) is 13.0. The first-order valence-electron chi connectivity index (χ1n) is 12.0. The normalized spacial score (nSPS) is 15.9. The van der Waals surface area contributed by atoms with Crippen molar-refractivity contribution in [3.63, 3.8) is 0 Å². The molecule has 0 saturated carbocycles. The van der Waals surface area contributed by atoms with Gasteiger partial charge in [-0.1, -0.05) is 41.8 Å². The van der Waals surface area contributed by atoms with E-state index >= 15 is 0 Å². The number of nitrogens with zero attached hydrogens (tertiary/aromatic N) is 2. The molecule has 9 nitrogen and oxygen atoms in total. The van der Waals surface area contributed by atoms with Gasteiger partial charge in [0.15, 0.2) is 0 Å². The molecule has 4 rings (SSSR count). The Hall–Kier alpha value is -3.85. The zero-order valence-electron chi connectivity index (χ0n) is 21.7. The highest BCUT2D eigenvalue weighted by Gasteiger charge is 2.43. The van der Waals surface area contributed by atoms with E-state index in [1.807, 2.05) is 6.92 Å². The largest absolute Gasteiger partial charge is 0.481 e. The number of hydrogen-bond donors (Lipinski definition) is 0. The number of para-hydroxylation sites is 1. The maximum atomic E-state index is 13.9. The number of fused-ring (bicyclic) bond motifs is 1. The molecule has 0 aliphatic carbocycles. The van der Waals surface area contributed by atoms with Gasteiger partial charge >= 0.3 is 5.97 Å². The Bertz CT molecular complexity index is 1620. The van der Waals surface area contributed by atoms with E-state index < -0.39 is 38.6 Å². The first-order valence-corrected chi connectivity index (χ1v) is 14.9. The summed E-state index contributed by atoms with van der Waals surface area (Å²) in [6.07, 6.45) is 0. The number of methoxy groups -OCH3 is 1. The average molecular weight is 569 g/mol. The second-order valence-corrected chi connectivity index (χ2v) is 12.5. The van der Waals surface area contributed by atoms with Crippen molar-refractivity contribution in [3.8, 4) is 17.6 Å². The van der Waals surface area contributed by atoms with Gasteiger partial charge in [0.25, 0.3) is 10.0 Å². The molecule has 39 heavy (non-hydrogen) atoms. The van der Waals surface area contributed by atoms with Crippen molar-refractivity contribution >= 4 is 31.7 Å². The third-order valence-corrected chi connectivity index (χ3v) is 9.94. The van der Waals surface area contributed by atoms with Crippen LogP contribution in [0.2, 0.25) is 0 Å². The lowest BCUT2D eigenvalue weighted by Gasteiger charge is -2.29. The lowest BCUT2D eigenvalue weighted by atomic mass is 10.2. The predicted octanol–water partition coefficient (Wildman–Crippen LogP) is 3.34. The van der Waals surface area contributed by atoms with E-state index in [4.69, 9.17) is 9.47 Å². The van der Waals surface area contributed by atoms with Crippen molar-refractivity contribution < 1.29 is 31.1 Å². The highest BCUT2D eigenvalue weighted by atomic mass is 32.2. The Labute approximate surface area is 229 Å². The van der Waals surface area contributed by atoms with Crippen molar-refractivity contribution in [1.82, 2.24) is 4.31 Å². The molecule has 0 N–H and O–H groups in total. The average Bonchev–Trinajstić information content (AvgIpc) is 3.12. The number of ether oxygens (including phenoxy) is 2. The van der Waals surface area contributed by atoms with Gasteiger partial charge in [0.1, 0.15) is 18.4 Å². The van der Waals surface area contributed by atoms with E-state index in [9.17, 15) is 21.6 Å². The van der Waals surface area contributed by atoms with E-state index in [-0.39, 0.29) is 28.6 Å². The second-order valence-electron chi connectivity index (χ2n) is 8.75. The smallest absolute Gasteiger partial charge is 0.326 e. The summed E-state index contributed by atoms with van der Waals surface area (Å²) in [5, 5.41) is 0. The van der Waals surface area contributed by atoms with Gasteiger partial charge in [-0.05, 0) is 61.9 Å². The minimum absolute atomic E-state index is 0.0196. The quantitative estimate of drug-likeness (QED) is 0.318. The fraction of sp³-hybridized carbons (Fsp3) is 0.250. The highest BCUT2D eigenvalue weighted by Crippen LogP contribution is 2.35. The van der Waals surface area contributed by atoms with E-state index in [0.717, 1.165) is 21.3 Å². The van der Waals surface area contributed by atoms with Gasteiger partial charge in [0.2, 0.25) is 10.0 Å². The molecular weight excluding hydrogens is 540 g/mol. The summed E-state index contributed by atoms with van der Waals surface area (Å²) in [6, 6.07) is 17.2. The van der Waals surface area contributed by atoms with Gasteiger partial charge in [-0.2, -0.15) is 4.31 Å². The van der Waals surface area contributed by atoms with E-state index in [1.165, 1.54) is 36.4 Å². The van der Waals surface area contributed by atoms with Crippen LogP contribution in [0.25, 0.3) is 0 Å². The maximum Gasteiger partial charge on any atom is 0.326 e. The van der Waals surface area contributed by atoms with Crippen molar-refractivity contribution in [2.45, 2.75) is 36.2 Å². The second kappa shape index (κ2) is 11.5. The lowest BCUT2D eigenvalue weighted by Crippen LogP contribution is -2.50. The predicted molar refractivity (Wildman–Crippen MR) is 146 cm³/mol. The molecular formula is C28H28N2O7S2. The molecule has 1 aliphatic rings. The third-order valence-electron chi connectivity index (χ3n) is 6.27. The maximum absolute atomic E-state index is 13.9. The monoisotopic (exact) mass is 568 g/mol. The Balaban J connectivity index is 1.79. The van der Waals surface area contributed by atoms with Gasteiger partial charge in [-0.3, -0.25) is 9.10 Å². The van der Waals surface area contributed by atoms with E-state index in [2.05, 4.69) is 11.8 Å². The first-order chi connectivity index (χ1) is 18.6. The molecule has 0 saturated heterocycles. The van der Waals surface area contributed by atoms with Crippen LogP contribution in [0.1, 0.15) is 18.1 Å². The molecule has 0 spiro atoms. The van der Waals surface area contributed by atoms with Gasteiger partial charge in [0, 0.05) is 6.54 Å². The van der Waals surface area contributed by atoms with Crippen LogP contribution in [0.4, 0.5) is 5.69 Å². The molecule has 1 atom stereocenters. The van der Waals surface area contributed by atoms with Gasteiger partial charge in [-0.15, -0.1) is 5.92 Å². The number of anilines is 1. The van der Waals surface area contributed by atoms with Crippen LogP contribution in [-0.4, -0.2) is 53.4 Å². The summed E-state index contributed by atoms with van der Waals surface area (Å²) >= 11 is 0. The standard InChI is InChI=1S/C28H28N2O7S2/c1-4-5-18-37-23-12-16-25(17-13-23)38(32,33)29-19-22-8-6-7-9-26(22)30(20-27(29)28(31)36-3)39(34,35)24-14-10-21(2)11-15-24/h6-17,27H,18-20H2,1-3H3. The molecule has 11 heteroatoms. The van der Waals surface area contributed by atoms with Crippen molar-refractivity contribution in [3.05, 3.63) is 83.9 Å². The molecule has 3 aromatic carbocycles. The number of esters is 1. The number of benzene rings is 3. The summed E-state index contributed by atoms with van der Waals surface area (Å²) in [5.74, 6) is 5.02. The third kappa shape index (κ3) is 5.78. The zero-order valence-corrected chi connectivity index (χ0v) is 23.3. The number of sulfonamides is 2. The summed E-state index contributed by atoms with van der Waals surface area (Å²) < 4.78 is 68.0. The van der Waals surface area contributed by atoms with Gasteiger partial charge in [-0.25, -0.2) is 16.8 Å². The van der Waals surface area contributed by atoms with Crippen LogP contribution in [0.3, 0.4) is 0 Å². The number of carbonyl (C=O) groups is 1. The van der Waals surface area contributed by atoms with Crippen molar-refractivity contribution in [2.75, 3.05) is 24.6 Å². The fourth-order valence-corrected chi connectivity index (χ4v) is 7.25. The molecule has 3 aromatic rings. The summed E-state index contributed by atoms with van der Waals surface area (Å²) in [6.45, 7) is 2.95. The van der Waals surface area contributed by atoms with Crippen molar-refractivity contribution in [1.29, 1.82) is 0 Å². The van der Waals surface area contributed by atoms with Crippen LogP contribution in [0.15, 0.2) is 82.6 Å². The summed E-state index contributed by atoms with van der Waals surface area (Å²) in [7, 11) is -7.32. The number of aryl methyl sites for hydroxylation is 1. The minimum Gasteiger partial charge on any atom is -0.481 e. The van der Waals surface area contributed by atoms with E-state index in [1.54, 1.807) is 43.3 Å². The first kappa shape index (κ1) is 28.2. The molecule has 204 valence electrons. The van der Waals surface area contributed by atoms with Gasteiger partial charge in [0.05, 0.1) is 29.1 Å². The molecule has 1 unspecified atom stereocenters. The zero-order chi connectivity index (χ0) is 28.2. The Morgan fingerprint density at radius 2 is 1.54 bits per heavy atom. The number of carbonyl (C=O) groups excluding carboxylic acids is 1. The summed E-state index contributed by atoms with van der Waals surface area (Å²) in [5.41, 5.74) is 1.58. The molecule has 0 bridgehead atoms. The molecule has 0 radical (unpaired) electrons. The lowest BCUT2D eigenvalue weighted by molar-refractivity contribution is -0.144. The fourth-order valence-electron chi connectivity index (χ4n) is 4.19. The molecule has 1 heterocycles. The molecule has 0 aromatic heterocycles. The number of rotatable bonds is 7. The molecule has 0 fully saturated rings. The minimum atomic E-state index is -4.29. The van der Waals surface area contributed by atoms with Crippen LogP contribution >= 0.6 is 0 Å². The SMILES string of the molecule is CC#CCOc1ccc(S(=O)(=O)N2Cc3ccccc3N(S(=O)(=O)c3ccc(C)cc3)CC2C(=O)OC)cc1. The van der Waals surface area contributed by atoms with Crippen molar-refractivity contribution in [2.24, 2.45) is 0 Å². The Morgan fingerprint density at radius 1 is 0.923 bits per heavy atom. The van der Waals surface area contributed by atoms with Crippen LogP contribution in [0.5, 0.6) is 5.75 Å². The molecule has 1 aliphatic heterocycles.